The molecule has 0 radical (unpaired) electrons. The number of carbonyl (C=O) groups is 2. The Hall–Kier alpha value is -3.19. The molecule has 1 fully saturated rings. The lowest BCUT2D eigenvalue weighted by atomic mass is 10.1. The number of nitrogens with zero attached hydrogens (tertiary/aromatic N) is 2. The fourth-order valence-corrected chi connectivity index (χ4v) is 3.74. The van der Waals surface area contributed by atoms with Crippen LogP contribution in [0, 0.1) is 0 Å². The molecule has 1 aliphatic rings. The number of rotatable bonds is 7. The highest BCUT2D eigenvalue weighted by Gasteiger charge is 2.21. The molecular weight excluding hydrogens is 386 g/mol. The van der Waals surface area contributed by atoms with Gasteiger partial charge in [0.15, 0.2) is 0 Å². The van der Waals surface area contributed by atoms with Crippen molar-refractivity contribution in [3.05, 3.63) is 76.2 Å². The molecule has 6 nitrogen and oxygen atoms in total. The molecule has 0 aliphatic carbocycles. The van der Waals surface area contributed by atoms with Crippen molar-refractivity contribution in [2.24, 2.45) is 0 Å². The van der Waals surface area contributed by atoms with Gasteiger partial charge >= 0.3 is 0 Å². The highest BCUT2D eigenvalue weighted by atomic mass is 32.1. The minimum Gasteiger partial charge on any atom is -0.487 e. The van der Waals surface area contributed by atoms with Crippen molar-refractivity contribution in [1.29, 1.82) is 0 Å². The van der Waals surface area contributed by atoms with Crippen molar-refractivity contribution in [1.82, 2.24) is 10.3 Å². The average molecular weight is 407 g/mol. The predicted octanol–water partition coefficient (Wildman–Crippen LogP) is 3.78. The Kier molecular flexibility index (Phi) is 5.86. The molecule has 2 heterocycles. The van der Waals surface area contributed by atoms with Crippen LogP contribution in [0.1, 0.15) is 34.5 Å². The third-order valence-electron chi connectivity index (χ3n) is 4.74. The topological polar surface area (TPSA) is 71.5 Å². The first-order valence-corrected chi connectivity index (χ1v) is 10.4. The average Bonchev–Trinajstić information content (AvgIpc) is 3.43. The maximum absolute atomic E-state index is 12.5. The van der Waals surface area contributed by atoms with Crippen LogP contribution in [0.2, 0.25) is 0 Å². The number of amides is 2. The van der Waals surface area contributed by atoms with E-state index in [0.717, 1.165) is 29.9 Å². The summed E-state index contributed by atoms with van der Waals surface area (Å²) in [6.07, 6.45) is 1.52. The van der Waals surface area contributed by atoms with Gasteiger partial charge in [0.1, 0.15) is 12.4 Å². The number of thiazole rings is 1. The van der Waals surface area contributed by atoms with Gasteiger partial charge in [0.25, 0.3) is 5.91 Å². The van der Waals surface area contributed by atoms with Gasteiger partial charge in [-0.3, -0.25) is 9.59 Å². The first-order chi connectivity index (χ1) is 14.2. The highest BCUT2D eigenvalue weighted by Crippen LogP contribution is 2.21. The van der Waals surface area contributed by atoms with E-state index in [2.05, 4.69) is 10.3 Å². The maximum atomic E-state index is 12.5. The molecule has 1 aliphatic heterocycles. The van der Waals surface area contributed by atoms with Crippen molar-refractivity contribution in [2.45, 2.75) is 26.0 Å². The van der Waals surface area contributed by atoms with Crippen molar-refractivity contribution < 1.29 is 14.3 Å². The van der Waals surface area contributed by atoms with Crippen LogP contribution in [0.25, 0.3) is 0 Å². The summed E-state index contributed by atoms with van der Waals surface area (Å²) in [5, 5.41) is 4.86. The Balaban J connectivity index is 1.32. The van der Waals surface area contributed by atoms with Gasteiger partial charge in [0.2, 0.25) is 5.91 Å². The second kappa shape index (κ2) is 8.87. The quantitative estimate of drug-likeness (QED) is 0.647. The van der Waals surface area contributed by atoms with Gasteiger partial charge in [0, 0.05) is 36.1 Å². The zero-order valence-electron chi connectivity index (χ0n) is 15.8. The summed E-state index contributed by atoms with van der Waals surface area (Å²) >= 11 is 1.52. The van der Waals surface area contributed by atoms with E-state index in [4.69, 9.17) is 4.74 Å². The van der Waals surface area contributed by atoms with Crippen LogP contribution in [0.15, 0.2) is 59.4 Å². The molecule has 4 rings (SSSR count). The maximum Gasteiger partial charge on any atom is 0.251 e. The number of nitrogens with one attached hydrogen (secondary N) is 1. The van der Waals surface area contributed by atoms with Crippen LogP contribution < -0.4 is 15.0 Å². The summed E-state index contributed by atoms with van der Waals surface area (Å²) in [5.41, 5.74) is 5.05. The fraction of sp³-hybridized carbons (Fsp3) is 0.227. The van der Waals surface area contributed by atoms with Crippen LogP contribution in [-0.2, 0) is 17.9 Å². The molecular formula is C22H21N3O3S. The molecule has 148 valence electrons. The third-order valence-corrected chi connectivity index (χ3v) is 5.38. The Morgan fingerprint density at radius 2 is 2.07 bits per heavy atom. The zero-order valence-corrected chi connectivity index (χ0v) is 16.7. The summed E-state index contributed by atoms with van der Waals surface area (Å²) in [5.74, 6) is 0.635. The number of anilines is 1. The molecule has 0 atom stereocenters. The van der Waals surface area contributed by atoms with E-state index in [0.29, 0.717) is 30.9 Å². The lowest BCUT2D eigenvalue weighted by Gasteiger charge is -2.16. The van der Waals surface area contributed by atoms with Crippen LogP contribution in [0.4, 0.5) is 5.69 Å². The molecule has 2 aromatic carbocycles. The van der Waals surface area contributed by atoms with Crippen LogP contribution in [-0.4, -0.2) is 23.3 Å². The van der Waals surface area contributed by atoms with Gasteiger partial charge in [-0.1, -0.05) is 18.2 Å². The molecule has 1 aromatic heterocycles. The summed E-state index contributed by atoms with van der Waals surface area (Å²) < 4.78 is 5.71. The Morgan fingerprint density at radius 1 is 1.21 bits per heavy atom. The van der Waals surface area contributed by atoms with Gasteiger partial charge in [-0.15, -0.1) is 11.3 Å². The predicted molar refractivity (Wildman–Crippen MR) is 112 cm³/mol. The normalized spacial score (nSPS) is 13.5. The molecule has 29 heavy (non-hydrogen) atoms. The minimum absolute atomic E-state index is 0.164. The molecule has 2 amide bonds. The number of carbonyl (C=O) groups excluding carboxylic acids is 2. The Morgan fingerprint density at radius 3 is 2.79 bits per heavy atom. The smallest absolute Gasteiger partial charge is 0.251 e. The monoisotopic (exact) mass is 407 g/mol. The van der Waals surface area contributed by atoms with Crippen LogP contribution >= 0.6 is 11.3 Å². The molecule has 1 N–H and O–H groups in total. The van der Waals surface area contributed by atoms with E-state index < -0.39 is 0 Å². The third kappa shape index (κ3) is 4.81. The first kappa shape index (κ1) is 19.1. The highest BCUT2D eigenvalue weighted by molar-refractivity contribution is 7.07. The summed E-state index contributed by atoms with van der Waals surface area (Å²) in [7, 11) is 0. The summed E-state index contributed by atoms with van der Waals surface area (Å²) in [6, 6.07) is 14.8. The zero-order chi connectivity index (χ0) is 20.1. The summed E-state index contributed by atoms with van der Waals surface area (Å²) in [6.45, 7) is 1.56. The number of hydrogen-bond donors (Lipinski definition) is 1. The number of ether oxygens (including phenoxy) is 1. The lowest BCUT2D eigenvalue weighted by Crippen LogP contribution is -2.24. The van der Waals surface area contributed by atoms with E-state index in [9.17, 15) is 9.59 Å². The van der Waals surface area contributed by atoms with E-state index in [-0.39, 0.29) is 11.8 Å². The molecule has 0 bridgehead atoms. The van der Waals surface area contributed by atoms with Crippen molar-refractivity contribution in [3.8, 4) is 5.75 Å². The van der Waals surface area contributed by atoms with Gasteiger partial charge in [0.05, 0.1) is 11.2 Å². The van der Waals surface area contributed by atoms with Gasteiger partial charge in [-0.2, -0.15) is 0 Å². The van der Waals surface area contributed by atoms with Crippen molar-refractivity contribution >= 4 is 28.8 Å². The first-order valence-electron chi connectivity index (χ1n) is 9.46. The largest absolute Gasteiger partial charge is 0.487 e. The van der Waals surface area contributed by atoms with Gasteiger partial charge < -0.3 is 15.0 Å². The minimum atomic E-state index is -0.164. The summed E-state index contributed by atoms with van der Waals surface area (Å²) in [4.78, 5) is 30.3. The van der Waals surface area contributed by atoms with E-state index >= 15 is 0 Å². The second-order valence-corrected chi connectivity index (χ2v) is 7.51. The van der Waals surface area contributed by atoms with E-state index in [1.165, 1.54) is 11.3 Å². The SMILES string of the molecule is O=C(NCc1ccc(N2CCCC2=O)cc1)c1cccc(OCc2cscn2)c1. The lowest BCUT2D eigenvalue weighted by molar-refractivity contribution is -0.117. The second-order valence-electron chi connectivity index (χ2n) is 6.79. The fourth-order valence-electron chi connectivity index (χ4n) is 3.19. The number of aromatic nitrogens is 1. The number of benzene rings is 2. The van der Waals surface area contributed by atoms with Crippen molar-refractivity contribution in [2.75, 3.05) is 11.4 Å². The van der Waals surface area contributed by atoms with Gasteiger partial charge in [-0.05, 0) is 42.3 Å². The molecule has 0 unspecified atom stereocenters. The van der Waals surface area contributed by atoms with E-state index in [1.807, 2.05) is 35.7 Å². The molecule has 3 aromatic rings. The Bertz CT molecular complexity index is 987. The van der Waals surface area contributed by atoms with Crippen molar-refractivity contribution in [3.63, 3.8) is 0 Å². The molecule has 0 saturated carbocycles. The van der Waals surface area contributed by atoms with E-state index in [1.54, 1.807) is 28.6 Å². The number of hydrogen-bond acceptors (Lipinski definition) is 5. The van der Waals surface area contributed by atoms with Crippen LogP contribution in [0.3, 0.4) is 0 Å². The van der Waals surface area contributed by atoms with Crippen LogP contribution in [0.5, 0.6) is 5.75 Å². The molecule has 1 saturated heterocycles. The Labute approximate surface area is 173 Å². The standard InChI is InChI=1S/C22H21N3O3S/c26-21-5-2-10-25(21)19-8-6-16(7-9-19)12-23-22(27)17-3-1-4-20(11-17)28-13-18-14-29-15-24-18/h1,3-4,6-9,11,14-15H,2,5,10,12-13H2,(H,23,27). The van der Waals surface area contributed by atoms with Gasteiger partial charge in [-0.25, -0.2) is 4.98 Å². The molecule has 7 heteroatoms. The molecule has 0 spiro atoms.